The minimum Gasteiger partial charge on any atom is -0.310 e. The molecule has 1 aliphatic carbocycles. The van der Waals surface area contributed by atoms with Crippen molar-refractivity contribution in [1.29, 1.82) is 0 Å². The normalized spacial score (nSPS) is 15.0. The Balaban J connectivity index is 1.85. The van der Waals surface area contributed by atoms with Gasteiger partial charge in [0.25, 0.3) is 0 Å². The van der Waals surface area contributed by atoms with E-state index in [2.05, 4.69) is 42.6 Å². The molecule has 3 rings (SSSR count). The molecule has 1 aliphatic rings. The summed E-state index contributed by atoms with van der Waals surface area (Å²) < 4.78 is 2.50. The summed E-state index contributed by atoms with van der Waals surface area (Å²) in [6, 6.07) is 2.84. The molecule has 18 heavy (non-hydrogen) atoms. The Morgan fingerprint density at radius 1 is 1.44 bits per heavy atom. The van der Waals surface area contributed by atoms with Crippen LogP contribution < -0.4 is 5.32 Å². The number of nitrogens with zero attached hydrogens (tertiary/aromatic N) is 4. The van der Waals surface area contributed by atoms with Crippen molar-refractivity contribution in [1.82, 2.24) is 25.3 Å². The van der Waals surface area contributed by atoms with Crippen LogP contribution in [0, 0.1) is 0 Å². The van der Waals surface area contributed by atoms with E-state index in [-0.39, 0.29) is 0 Å². The first-order chi connectivity index (χ1) is 8.74. The Bertz CT molecular complexity index is 542. The SMILES string of the molecule is Cn1nnc(Br)c1-c1cncc(CNC2CC2)c1. The zero-order valence-electron chi connectivity index (χ0n) is 10.1. The Hall–Kier alpha value is -1.27. The maximum Gasteiger partial charge on any atom is 0.156 e. The molecule has 6 heteroatoms. The average Bonchev–Trinajstić information content (AvgIpc) is 3.13. The van der Waals surface area contributed by atoms with Crippen molar-refractivity contribution in [2.24, 2.45) is 7.05 Å². The molecule has 0 saturated heterocycles. The van der Waals surface area contributed by atoms with Crippen LogP contribution >= 0.6 is 15.9 Å². The predicted molar refractivity (Wildman–Crippen MR) is 71.8 cm³/mol. The summed E-state index contributed by atoms with van der Waals surface area (Å²) in [6.45, 7) is 0.869. The van der Waals surface area contributed by atoms with E-state index in [1.807, 2.05) is 19.4 Å². The van der Waals surface area contributed by atoms with E-state index in [4.69, 9.17) is 0 Å². The van der Waals surface area contributed by atoms with Gasteiger partial charge in [0.1, 0.15) is 5.69 Å². The highest BCUT2D eigenvalue weighted by atomic mass is 79.9. The first-order valence-electron chi connectivity index (χ1n) is 5.97. The van der Waals surface area contributed by atoms with Gasteiger partial charge in [-0.3, -0.25) is 4.98 Å². The van der Waals surface area contributed by atoms with Crippen molar-refractivity contribution in [3.05, 3.63) is 28.6 Å². The van der Waals surface area contributed by atoms with Gasteiger partial charge < -0.3 is 5.32 Å². The highest BCUT2D eigenvalue weighted by molar-refractivity contribution is 9.10. The van der Waals surface area contributed by atoms with Crippen LogP contribution in [0.25, 0.3) is 11.3 Å². The fourth-order valence-corrected chi connectivity index (χ4v) is 2.46. The highest BCUT2D eigenvalue weighted by Crippen LogP contribution is 2.25. The fourth-order valence-electron chi connectivity index (χ4n) is 1.90. The maximum atomic E-state index is 4.29. The van der Waals surface area contributed by atoms with E-state index < -0.39 is 0 Å². The van der Waals surface area contributed by atoms with Crippen LogP contribution in [-0.4, -0.2) is 26.0 Å². The van der Waals surface area contributed by atoms with Crippen LogP contribution in [0.5, 0.6) is 0 Å². The molecule has 0 spiro atoms. The summed E-state index contributed by atoms with van der Waals surface area (Å²) >= 11 is 3.41. The smallest absolute Gasteiger partial charge is 0.156 e. The minimum atomic E-state index is 0.707. The summed E-state index contributed by atoms with van der Waals surface area (Å²) in [5.41, 5.74) is 3.17. The third kappa shape index (κ3) is 2.44. The number of nitrogens with one attached hydrogen (secondary N) is 1. The van der Waals surface area contributed by atoms with Gasteiger partial charge >= 0.3 is 0 Å². The largest absolute Gasteiger partial charge is 0.310 e. The molecule has 1 N–H and O–H groups in total. The van der Waals surface area contributed by atoms with Crippen molar-refractivity contribution in [3.63, 3.8) is 0 Å². The van der Waals surface area contributed by atoms with E-state index in [9.17, 15) is 0 Å². The Morgan fingerprint density at radius 2 is 2.28 bits per heavy atom. The van der Waals surface area contributed by atoms with Gasteiger partial charge in [-0.1, -0.05) is 5.21 Å². The molecule has 0 amide bonds. The van der Waals surface area contributed by atoms with Crippen LogP contribution in [0.3, 0.4) is 0 Å². The second kappa shape index (κ2) is 4.78. The zero-order chi connectivity index (χ0) is 12.5. The topological polar surface area (TPSA) is 55.6 Å². The fraction of sp³-hybridized carbons (Fsp3) is 0.417. The Morgan fingerprint density at radius 3 is 2.94 bits per heavy atom. The lowest BCUT2D eigenvalue weighted by Gasteiger charge is -2.06. The lowest BCUT2D eigenvalue weighted by molar-refractivity contribution is 0.685. The van der Waals surface area contributed by atoms with Gasteiger partial charge in [-0.2, -0.15) is 0 Å². The molecule has 0 radical (unpaired) electrons. The molecule has 0 aromatic carbocycles. The standard InChI is InChI=1S/C12H14BrN5/c1-18-11(12(13)16-17-18)9-4-8(5-14-7-9)6-15-10-2-3-10/h4-5,7,10,15H,2-3,6H2,1H3. The monoisotopic (exact) mass is 307 g/mol. The van der Waals surface area contributed by atoms with E-state index in [1.54, 1.807) is 4.68 Å². The van der Waals surface area contributed by atoms with E-state index in [0.717, 1.165) is 22.4 Å². The third-order valence-corrected chi connectivity index (χ3v) is 3.56. The lowest BCUT2D eigenvalue weighted by Crippen LogP contribution is -2.15. The van der Waals surface area contributed by atoms with Crippen LogP contribution in [0.4, 0.5) is 0 Å². The second-order valence-electron chi connectivity index (χ2n) is 4.59. The molecule has 2 aromatic heterocycles. The van der Waals surface area contributed by atoms with Crippen LogP contribution in [0.1, 0.15) is 18.4 Å². The Labute approximate surface area is 114 Å². The van der Waals surface area contributed by atoms with Crippen molar-refractivity contribution in [3.8, 4) is 11.3 Å². The van der Waals surface area contributed by atoms with Crippen LogP contribution in [0.15, 0.2) is 23.1 Å². The van der Waals surface area contributed by atoms with E-state index in [1.165, 1.54) is 18.4 Å². The molecule has 0 unspecified atom stereocenters. The first-order valence-corrected chi connectivity index (χ1v) is 6.76. The maximum absolute atomic E-state index is 4.29. The summed E-state index contributed by atoms with van der Waals surface area (Å²) in [5.74, 6) is 0. The number of halogens is 1. The molecule has 1 saturated carbocycles. The quantitative estimate of drug-likeness (QED) is 0.937. The summed E-state index contributed by atoms with van der Waals surface area (Å²) in [4.78, 5) is 4.29. The lowest BCUT2D eigenvalue weighted by atomic mass is 10.1. The average molecular weight is 308 g/mol. The van der Waals surface area contributed by atoms with Gasteiger partial charge in [-0.05, 0) is 40.4 Å². The van der Waals surface area contributed by atoms with Crippen molar-refractivity contribution < 1.29 is 0 Å². The number of rotatable bonds is 4. The molecule has 0 atom stereocenters. The summed E-state index contributed by atoms with van der Waals surface area (Å²) in [6.07, 6.45) is 6.33. The number of hydrogen-bond acceptors (Lipinski definition) is 4. The molecular weight excluding hydrogens is 294 g/mol. The molecule has 2 heterocycles. The number of aromatic nitrogens is 4. The molecule has 2 aromatic rings. The van der Waals surface area contributed by atoms with Crippen molar-refractivity contribution >= 4 is 15.9 Å². The van der Waals surface area contributed by atoms with Crippen LogP contribution in [-0.2, 0) is 13.6 Å². The third-order valence-electron chi connectivity index (χ3n) is 3.03. The number of hydrogen-bond donors (Lipinski definition) is 1. The van der Waals surface area contributed by atoms with Gasteiger partial charge in [0.2, 0.25) is 0 Å². The second-order valence-corrected chi connectivity index (χ2v) is 5.34. The van der Waals surface area contributed by atoms with Gasteiger partial charge in [0.15, 0.2) is 4.60 Å². The Kier molecular flexibility index (Phi) is 3.13. The zero-order valence-corrected chi connectivity index (χ0v) is 11.7. The molecule has 5 nitrogen and oxygen atoms in total. The number of pyridine rings is 1. The molecule has 94 valence electrons. The first kappa shape index (κ1) is 11.8. The van der Waals surface area contributed by atoms with Crippen LogP contribution in [0.2, 0.25) is 0 Å². The van der Waals surface area contributed by atoms with Crippen molar-refractivity contribution in [2.75, 3.05) is 0 Å². The number of aryl methyl sites for hydroxylation is 1. The minimum absolute atomic E-state index is 0.707. The molecule has 0 aliphatic heterocycles. The summed E-state index contributed by atoms with van der Waals surface area (Å²) in [5, 5.41) is 11.5. The van der Waals surface area contributed by atoms with Crippen molar-refractivity contribution in [2.45, 2.75) is 25.4 Å². The van der Waals surface area contributed by atoms with E-state index >= 15 is 0 Å². The predicted octanol–water partition coefficient (Wildman–Crippen LogP) is 1.89. The van der Waals surface area contributed by atoms with E-state index in [0.29, 0.717) is 6.04 Å². The summed E-state index contributed by atoms with van der Waals surface area (Å²) in [7, 11) is 1.88. The van der Waals surface area contributed by atoms with Gasteiger partial charge in [-0.15, -0.1) is 5.10 Å². The van der Waals surface area contributed by atoms with Gasteiger partial charge in [0, 0.05) is 37.6 Å². The molecule has 1 fully saturated rings. The molecule has 0 bridgehead atoms. The van der Waals surface area contributed by atoms with Gasteiger partial charge in [-0.25, -0.2) is 4.68 Å². The molecular formula is C12H14BrN5. The van der Waals surface area contributed by atoms with Gasteiger partial charge in [0.05, 0.1) is 0 Å². The highest BCUT2D eigenvalue weighted by Gasteiger charge is 2.20.